The van der Waals surface area contributed by atoms with Crippen LogP contribution >= 0.6 is 15.9 Å². The van der Waals surface area contributed by atoms with Crippen LogP contribution in [0.4, 0.5) is 13.2 Å². The average molecular weight is 467 g/mol. The smallest absolute Gasteiger partial charge is 0.347 e. The SMILES string of the molecule is CCn1cc(C(=O)NC(C)c2ccc(Br)cc2)c(=O)c2cc(C(F)(F)F)ccc21. The number of aryl methyl sites for hydroxylation is 1. The molecule has 1 N–H and O–H groups in total. The summed E-state index contributed by atoms with van der Waals surface area (Å²) in [6, 6.07) is 9.93. The van der Waals surface area contributed by atoms with E-state index in [0.717, 1.165) is 22.2 Å². The molecule has 3 rings (SSSR count). The van der Waals surface area contributed by atoms with E-state index in [1.165, 1.54) is 12.3 Å². The number of carbonyl (C=O) groups is 1. The lowest BCUT2D eigenvalue weighted by Gasteiger charge is -2.17. The number of rotatable bonds is 4. The van der Waals surface area contributed by atoms with Crippen LogP contribution in [0.3, 0.4) is 0 Å². The van der Waals surface area contributed by atoms with E-state index in [1.807, 2.05) is 24.3 Å². The van der Waals surface area contributed by atoms with E-state index in [2.05, 4.69) is 21.2 Å². The predicted molar refractivity (Wildman–Crippen MR) is 109 cm³/mol. The van der Waals surface area contributed by atoms with Gasteiger partial charge in [0.15, 0.2) is 0 Å². The van der Waals surface area contributed by atoms with Gasteiger partial charge in [0.25, 0.3) is 5.91 Å². The maximum Gasteiger partial charge on any atom is 0.416 e. The highest BCUT2D eigenvalue weighted by Crippen LogP contribution is 2.31. The van der Waals surface area contributed by atoms with E-state index < -0.39 is 23.1 Å². The maximum absolute atomic E-state index is 13.1. The number of pyridine rings is 1. The summed E-state index contributed by atoms with van der Waals surface area (Å²) in [5, 5.41) is 2.61. The molecule has 0 radical (unpaired) electrons. The number of nitrogens with one attached hydrogen (secondary N) is 1. The summed E-state index contributed by atoms with van der Waals surface area (Å²) in [4.78, 5) is 25.6. The molecule has 0 saturated carbocycles. The highest BCUT2D eigenvalue weighted by atomic mass is 79.9. The molecule has 4 nitrogen and oxygen atoms in total. The van der Waals surface area contributed by atoms with Gasteiger partial charge in [-0.3, -0.25) is 9.59 Å². The van der Waals surface area contributed by atoms with Crippen molar-refractivity contribution in [3.8, 4) is 0 Å². The minimum absolute atomic E-state index is 0.134. The Morgan fingerprint density at radius 1 is 1.17 bits per heavy atom. The summed E-state index contributed by atoms with van der Waals surface area (Å²) in [6.45, 7) is 3.95. The molecule has 29 heavy (non-hydrogen) atoms. The van der Waals surface area contributed by atoms with Crippen molar-refractivity contribution < 1.29 is 18.0 Å². The van der Waals surface area contributed by atoms with Crippen molar-refractivity contribution in [3.63, 3.8) is 0 Å². The third-order valence-corrected chi connectivity index (χ3v) is 5.24. The fourth-order valence-electron chi connectivity index (χ4n) is 3.11. The van der Waals surface area contributed by atoms with Gasteiger partial charge in [-0.1, -0.05) is 28.1 Å². The van der Waals surface area contributed by atoms with Crippen LogP contribution in [0, 0.1) is 0 Å². The van der Waals surface area contributed by atoms with Crippen LogP contribution in [0.15, 0.2) is 57.9 Å². The van der Waals surface area contributed by atoms with Crippen LogP contribution in [-0.2, 0) is 12.7 Å². The molecule has 1 unspecified atom stereocenters. The lowest BCUT2D eigenvalue weighted by molar-refractivity contribution is -0.137. The summed E-state index contributed by atoms with van der Waals surface area (Å²) >= 11 is 3.34. The largest absolute Gasteiger partial charge is 0.416 e. The molecular formula is C21H18BrF3N2O2. The van der Waals surface area contributed by atoms with E-state index >= 15 is 0 Å². The van der Waals surface area contributed by atoms with E-state index in [4.69, 9.17) is 0 Å². The first-order valence-corrected chi connectivity index (χ1v) is 9.72. The number of hydrogen-bond donors (Lipinski definition) is 1. The number of amides is 1. The second kappa shape index (κ2) is 8.02. The Hall–Kier alpha value is -2.61. The maximum atomic E-state index is 13.1. The van der Waals surface area contributed by atoms with Gasteiger partial charge < -0.3 is 9.88 Å². The zero-order valence-electron chi connectivity index (χ0n) is 15.7. The Morgan fingerprint density at radius 3 is 2.41 bits per heavy atom. The monoisotopic (exact) mass is 466 g/mol. The predicted octanol–water partition coefficient (Wildman–Crippen LogP) is 5.29. The van der Waals surface area contributed by atoms with E-state index in [9.17, 15) is 22.8 Å². The van der Waals surface area contributed by atoms with Crippen LogP contribution in [0.5, 0.6) is 0 Å². The fourth-order valence-corrected chi connectivity index (χ4v) is 3.37. The van der Waals surface area contributed by atoms with Crippen LogP contribution in [0.25, 0.3) is 10.9 Å². The molecule has 0 spiro atoms. The minimum Gasteiger partial charge on any atom is -0.347 e. The zero-order chi connectivity index (χ0) is 21.3. The molecule has 0 fully saturated rings. The molecular weight excluding hydrogens is 449 g/mol. The van der Waals surface area contributed by atoms with Crippen molar-refractivity contribution in [1.29, 1.82) is 0 Å². The van der Waals surface area contributed by atoms with Gasteiger partial charge in [-0.2, -0.15) is 13.2 Å². The molecule has 8 heteroatoms. The Bertz CT molecular complexity index is 1120. The molecule has 0 aliphatic heterocycles. The van der Waals surface area contributed by atoms with Crippen LogP contribution in [-0.4, -0.2) is 10.5 Å². The summed E-state index contributed by atoms with van der Waals surface area (Å²) < 4.78 is 41.7. The van der Waals surface area contributed by atoms with Gasteiger partial charge in [0, 0.05) is 22.6 Å². The number of carbonyl (C=O) groups excluding carboxylic acids is 1. The summed E-state index contributed by atoms with van der Waals surface area (Å²) in [6.07, 6.45) is -3.19. The molecule has 2 aromatic carbocycles. The number of nitrogens with zero attached hydrogens (tertiary/aromatic N) is 1. The molecule has 0 aliphatic carbocycles. The lowest BCUT2D eigenvalue weighted by atomic mass is 10.1. The second-order valence-corrected chi connectivity index (χ2v) is 7.55. The minimum atomic E-state index is -4.58. The van der Waals surface area contributed by atoms with Gasteiger partial charge in [0.1, 0.15) is 5.56 Å². The van der Waals surface area contributed by atoms with Crippen LogP contribution < -0.4 is 10.7 Å². The number of aromatic nitrogens is 1. The van der Waals surface area contributed by atoms with Crippen molar-refractivity contribution >= 4 is 32.7 Å². The van der Waals surface area contributed by atoms with Crippen molar-refractivity contribution in [3.05, 3.63) is 80.0 Å². The van der Waals surface area contributed by atoms with Gasteiger partial charge in [-0.15, -0.1) is 0 Å². The summed E-state index contributed by atoms with van der Waals surface area (Å²) in [5.41, 5.74) is -0.662. The van der Waals surface area contributed by atoms with Crippen molar-refractivity contribution in [2.45, 2.75) is 32.6 Å². The van der Waals surface area contributed by atoms with Crippen molar-refractivity contribution in [1.82, 2.24) is 9.88 Å². The van der Waals surface area contributed by atoms with Crippen molar-refractivity contribution in [2.24, 2.45) is 0 Å². The highest BCUT2D eigenvalue weighted by Gasteiger charge is 2.31. The zero-order valence-corrected chi connectivity index (χ0v) is 17.3. The summed E-state index contributed by atoms with van der Waals surface area (Å²) in [7, 11) is 0. The Morgan fingerprint density at radius 2 is 1.83 bits per heavy atom. The van der Waals surface area contributed by atoms with Crippen LogP contribution in [0.2, 0.25) is 0 Å². The quantitative estimate of drug-likeness (QED) is 0.567. The molecule has 1 aromatic heterocycles. The van der Waals surface area contributed by atoms with Crippen LogP contribution in [0.1, 0.15) is 41.4 Å². The number of hydrogen-bond acceptors (Lipinski definition) is 2. The Kier molecular flexibility index (Phi) is 5.84. The van der Waals surface area contributed by atoms with Gasteiger partial charge in [-0.05, 0) is 49.7 Å². The van der Waals surface area contributed by atoms with Gasteiger partial charge >= 0.3 is 6.18 Å². The van der Waals surface area contributed by atoms with Gasteiger partial charge in [0.05, 0.1) is 17.1 Å². The summed E-state index contributed by atoms with van der Waals surface area (Å²) in [5.74, 6) is -0.632. The second-order valence-electron chi connectivity index (χ2n) is 6.63. The molecule has 0 saturated heterocycles. The van der Waals surface area contributed by atoms with Gasteiger partial charge in [0.2, 0.25) is 5.43 Å². The van der Waals surface area contributed by atoms with E-state index in [-0.39, 0.29) is 17.0 Å². The van der Waals surface area contributed by atoms with E-state index in [0.29, 0.717) is 12.1 Å². The molecule has 0 bridgehead atoms. The number of halogens is 4. The number of benzene rings is 2. The fraction of sp³-hybridized carbons (Fsp3) is 0.238. The third-order valence-electron chi connectivity index (χ3n) is 4.71. The topological polar surface area (TPSA) is 51.1 Å². The number of alkyl halides is 3. The molecule has 152 valence electrons. The number of fused-ring (bicyclic) bond motifs is 1. The standard InChI is InChI=1S/C21H18BrF3N2O2/c1-3-27-11-17(20(29)26-12(2)13-4-7-15(22)8-5-13)19(28)16-10-14(21(23,24)25)6-9-18(16)27/h4-12H,3H2,1-2H3,(H,26,29). The Labute approximate surface area is 173 Å². The molecule has 3 aromatic rings. The first kappa shape index (κ1) is 21.1. The van der Waals surface area contributed by atoms with Gasteiger partial charge in [-0.25, -0.2) is 0 Å². The molecule has 1 heterocycles. The Balaban J connectivity index is 2.03. The lowest BCUT2D eigenvalue weighted by Crippen LogP contribution is -2.32. The molecule has 1 atom stereocenters. The first-order valence-electron chi connectivity index (χ1n) is 8.92. The average Bonchev–Trinajstić information content (AvgIpc) is 2.67. The molecule has 1 amide bonds. The first-order chi connectivity index (χ1) is 13.6. The third kappa shape index (κ3) is 4.37. The highest BCUT2D eigenvalue weighted by molar-refractivity contribution is 9.10. The molecule has 0 aliphatic rings. The normalized spacial score (nSPS) is 12.8. The van der Waals surface area contributed by atoms with Crippen molar-refractivity contribution in [2.75, 3.05) is 0 Å². The van der Waals surface area contributed by atoms with E-state index in [1.54, 1.807) is 18.4 Å².